The summed E-state index contributed by atoms with van der Waals surface area (Å²) in [5.41, 5.74) is 10.0. The molecule has 6 aromatic carbocycles. The predicted octanol–water partition coefficient (Wildman–Crippen LogP) is 11.5. The SMILES string of the molecule is Cc1cc(-c2ccccc2)nc(-c2ccc(-c3ccc4c(c3)Oc3ccccc3O4)c(-c3nc(-c4ccccc4)cc(-c4ccccc4)n3)c2)n1. The van der Waals surface area contributed by atoms with E-state index >= 15 is 0 Å². The van der Waals surface area contributed by atoms with Crippen LogP contribution in [0, 0.1) is 6.92 Å². The molecule has 2 aromatic heterocycles. The van der Waals surface area contributed by atoms with Gasteiger partial charge in [-0.1, -0.05) is 121 Å². The van der Waals surface area contributed by atoms with Crippen LogP contribution in [-0.4, -0.2) is 19.9 Å². The summed E-state index contributed by atoms with van der Waals surface area (Å²) in [7, 11) is 0. The Labute approximate surface area is 295 Å². The lowest BCUT2D eigenvalue weighted by atomic mass is 9.95. The maximum Gasteiger partial charge on any atom is 0.170 e. The van der Waals surface area contributed by atoms with Crippen LogP contribution in [0.1, 0.15) is 5.69 Å². The zero-order valence-electron chi connectivity index (χ0n) is 27.7. The minimum absolute atomic E-state index is 0.586. The van der Waals surface area contributed by atoms with E-state index in [0.717, 1.165) is 61.7 Å². The van der Waals surface area contributed by atoms with Crippen LogP contribution in [0.25, 0.3) is 67.7 Å². The lowest BCUT2D eigenvalue weighted by molar-refractivity contribution is 0.360. The largest absolute Gasteiger partial charge is 0.450 e. The van der Waals surface area contributed by atoms with E-state index < -0.39 is 0 Å². The zero-order chi connectivity index (χ0) is 34.1. The Hall–Kier alpha value is -6.92. The molecule has 0 radical (unpaired) electrons. The van der Waals surface area contributed by atoms with Crippen molar-refractivity contribution < 1.29 is 9.47 Å². The van der Waals surface area contributed by atoms with E-state index in [2.05, 4.69) is 60.7 Å². The third kappa shape index (κ3) is 6.00. The van der Waals surface area contributed by atoms with Gasteiger partial charge in [-0.15, -0.1) is 0 Å². The second kappa shape index (κ2) is 12.8. The number of rotatable bonds is 6. The number of fused-ring (bicyclic) bond motifs is 2. The van der Waals surface area contributed by atoms with Gasteiger partial charge < -0.3 is 9.47 Å². The summed E-state index contributed by atoms with van der Waals surface area (Å²) in [6.45, 7) is 2.00. The molecule has 1 aliphatic heterocycles. The van der Waals surface area contributed by atoms with Crippen LogP contribution in [0.2, 0.25) is 0 Å². The van der Waals surface area contributed by atoms with Crippen molar-refractivity contribution in [2.24, 2.45) is 0 Å². The number of hydrogen-bond donors (Lipinski definition) is 0. The Morgan fingerprint density at radius 1 is 0.333 bits per heavy atom. The molecule has 0 bridgehead atoms. The monoisotopic (exact) mass is 658 g/mol. The van der Waals surface area contributed by atoms with Crippen LogP contribution in [-0.2, 0) is 0 Å². The van der Waals surface area contributed by atoms with E-state index in [9.17, 15) is 0 Å². The summed E-state index contributed by atoms with van der Waals surface area (Å²) >= 11 is 0. The number of nitrogens with zero attached hydrogens (tertiary/aromatic N) is 4. The molecule has 0 N–H and O–H groups in total. The summed E-state index contributed by atoms with van der Waals surface area (Å²) in [5, 5.41) is 0. The first-order valence-electron chi connectivity index (χ1n) is 16.8. The van der Waals surface area contributed by atoms with Gasteiger partial charge >= 0.3 is 0 Å². The van der Waals surface area contributed by atoms with Crippen LogP contribution in [0.5, 0.6) is 23.0 Å². The van der Waals surface area contributed by atoms with Gasteiger partial charge in [0.2, 0.25) is 0 Å². The highest BCUT2D eigenvalue weighted by Gasteiger charge is 2.22. The molecule has 6 nitrogen and oxygen atoms in total. The smallest absolute Gasteiger partial charge is 0.170 e. The number of hydrogen-bond acceptors (Lipinski definition) is 6. The van der Waals surface area contributed by atoms with E-state index in [-0.39, 0.29) is 0 Å². The highest BCUT2D eigenvalue weighted by Crippen LogP contribution is 2.47. The molecule has 3 heterocycles. The number of ether oxygens (including phenoxy) is 2. The Bertz CT molecular complexity index is 2480. The average molecular weight is 659 g/mol. The summed E-state index contributed by atoms with van der Waals surface area (Å²) in [4.78, 5) is 20.3. The maximum atomic E-state index is 6.32. The molecule has 0 amide bonds. The predicted molar refractivity (Wildman–Crippen MR) is 202 cm³/mol. The van der Waals surface area contributed by atoms with Crippen molar-refractivity contribution in [3.63, 3.8) is 0 Å². The minimum Gasteiger partial charge on any atom is -0.450 e. The molecule has 9 rings (SSSR count). The van der Waals surface area contributed by atoms with Crippen LogP contribution < -0.4 is 9.47 Å². The van der Waals surface area contributed by atoms with E-state index in [1.54, 1.807) is 0 Å². The van der Waals surface area contributed by atoms with Crippen LogP contribution in [0.4, 0.5) is 0 Å². The molecule has 8 aromatic rings. The molecule has 0 fully saturated rings. The normalized spacial score (nSPS) is 11.5. The van der Waals surface area contributed by atoms with Gasteiger partial charge in [0.1, 0.15) is 0 Å². The van der Waals surface area contributed by atoms with E-state index in [1.807, 2.05) is 110 Å². The van der Waals surface area contributed by atoms with Gasteiger partial charge in [-0.2, -0.15) is 0 Å². The summed E-state index contributed by atoms with van der Waals surface area (Å²) in [6, 6.07) is 54.6. The van der Waals surface area contributed by atoms with E-state index in [4.69, 9.17) is 29.4 Å². The van der Waals surface area contributed by atoms with Gasteiger partial charge in [0, 0.05) is 33.5 Å². The molecule has 0 spiro atoms. The van der Waals surface area contributed by atoms with Gasteiger partial charge in [-0.25, -0.2) is 19.9 Å². The van der Waals surface area contributed by atoms with Crippen molar-refractivity contribution in [1.82, 2.24) is 19.9 Å². The molecular weight excluding hydrogens is 629 g/mol. The van der Waals surface area contributed by atoms with Crippen LogP contribution >= 0.6 is 0 Å². The molecule has 0 atom stereocenters. The zero-order valence-corrected chi connectivity index (χ0v) is 27.7. The van der Waals surface area contributed by atoms with E-state index in [1.165, 1.54) is 0 Å². The lowest BCUT2D eigenvalue weighted by Crippen LogP contribution is -2.01. The third-order valence-electron chi connectivity index (χ3n) is 8.85. The van der Waals surface area contributed by atoms with Crippen molar-refractivity contribution in [3.8, 4) is 90.7 Å². The van der Waals surface area contributed by atoms with Crippen molar-refractivity contribution >= 4 is 0 Å². The van der Waals surface area contributed by atoms with Crippen molar-refractivity contribution in [2.75, 3.05) is 0 Å². The maximum absolute atomic E-state index is 6.32. The first-order chi connectivity index (χ1) is 25.1. The Morgan fingerprint density at radius 2 is 0.824 bits per heavy atom. The van der Waals surface area contributed by atoms with Gasteiger partial charge in [0.05, 0.1) is 17.1 Å². The number of benzene rings is 6. The minimum atomic E-state index is 0.586. The fourth-order valence-corrected chi connectivity index (χ4v) is 6.35. The molecule has 1 aliphatic rings. The summed E-state index contributed by atoms with van der Waals surface area (Å²) < 4.78 is 12.5. The van der Waals surface area contributed by atoms with Gasteiger partial charge in [0.15, 0.2) is 34.6 Å². The molecule has 0 unspecified atom stereocenters. The highest BCUT2D eigenvalue weighted by molar-refractivity contribution is 5.86. The van der Waals surface area contributed by atoms with Gasteiger partial charge in [0.25, 0.3) is 0 Å². The first-order valence-corrected chi connectivity index (χ1v) is 16.8. The van der Waals surface area contributed by atoms with Crippen molar-refractivity contribution in [3.05, 3.63) is 169 Å². The summed E-state index contributed by atoms with van der Waals surface area (Å²) in [6.07, 6.45) is 0. The molecule has 0 aliphatic carbocycles. The standard InChI is InChI=1S/C45H30N4O2/c1-29-25-37(30-13-5-2-6-14-30)47-44(46-29)34-21-23-35(33-22-24-42-43(27-33)51-41-20-12-11-19-40(41)50-42)36(26-34)45-48-38(31-15-7-3-8-16-31)28-39(49-45)32-17-9-4-10-18-32/h2-28H,1H3. The second-order valence-electron chi connectivity index (χ2n) is 12.4. The quantitative estimate of drug-likeness (QED) is 0.177. The number of aryl methyl sites for hydroxylation is 1. The Morgan fingerprint density at radius 3 is 1.43 bits per heavy atom. The fraction of sp³-hybridized carbons (Fsp3) is 0.0222. The first kappa shape index (κ1) is 30.2. The molecule has 51 heavy (non-hydrogen) atoms. The lowest BCUT2D eigenvalue weighted by Gasteiger charge is -2.21. The van der Waals surface area contributed by atoms with Crippen molar-refractivity contribution in [1.29, 1.82) is 0 Å². The molecular formula is C45H30N4O2. The number of aromatic nitrogens is 4. The van der Waals surface area contributed by atoms with Crippen LogP contribution in [0.3, 0.4) is 0 Å². The highest BCUT2D eigenvalue weighted by atomic mass is 16.6. The number of para-hydroxylation sites is 2. The van der Waals surface area contributed by atoms with Crippen molar-refractivity contribution in [2.45, 2.75) is 6.92 Å². The van der Waals surface area contributed by atoms with Gasteiger partial charge in [-0.3, -0.25) is 0 Å². The average Bonchev–Trinajstić information content (AvgIpc) is 3.20. The molecule has 0 saturated heterocycles. The third-order valence-corrected chi connectivity index (χ3v) is 8.85. The molecule has 6 heteroatoms. The second-order valence-corrected chi connectivity index (χ2v) is 12.4. The van der Waals surface area contributed by atoms with Crippen LogP contribution in [0.15, 0.2) is 164 Å². The fourth-order valence-electron chi connectivity index (χ4n) is 6.35. The summed E-state index contributed by atoms with van der Waals surface area (Å²) in [5.74, 6) is 3.88. The molecule has 242 valence electrons. The van der Waals surface area contributed by atoms with E-state index in [0.29, 0.717) is 34.6 Å². The topological polar surface area (TPSA) is 70.0 Å². The Kier molecular flexibility index (Phi) is 7.59. The molecule has 0 saturated carbocycles. The van der Waals surface area contributed by atoms with Gasteiger partial charge in [-0.05, 0) is 60.5 Å². The Balaban J connectivity index is 1.25.